The summed E-state index contributed by atoms with van der Waals surface area (Å²) < 4.78 is 6.39. The molecule has 0 aliphatic carbocycles. The van der Waals surface area contributed by atoms with E-state index in [0.717, 1.165) is 50.1 Å². The van der Waals surface area contributed by atoms with E-state index in [2.05, 4.69) is 169 Å². The van der Waals surface area contributed by atoms with Gasteiger partial charge in [0.2, 0.25) is 0 Å². The summed E-state index contributed by atoms with van der Waals surface area (Å²) in [6, 6.07) is 62.7. The molecule has 0 radical (unpaired) electrons. The quantitative estimate of drug-likeness (QED) is 0.199. The number of fused-ring (bicyclic) bond motifs is 5. The van der Waals surface area contributed by atoms with E-state index in [1.807, 2.05) is 12.1 Å². The molecule has 1 aromatic heterocycles. The van der Waals surface area contributed by atoms with Crippen molar-refractivity contribution in [2.24, 2.45) is 0 Å². The van der Waals surface area contributed by atoms with Crippen molar-refractivity contribution in [3.05, 3.63) is 176 Å². The van der Waals surface area contributed by atoms with Gasteiger partial charge in [0.1, 0.15) is 11.2 Å². The van der Waals surface area contributed by atoms with E-state index in [1.165, 1.54) is 32.7 Å². The zero-order valence-electron chi connectivity index (χ0n) is 25.1. The van der Waals surface area contributed by atoms with Gasteiger partial charge in [0.05, 0.1) is 11.4 Å². The van der Waals surface area contributed by atoms with Crippen LogP contribution >= 0.6 is 0 Å². The van der Waals surface area contributed by atoms with E-state index in [0.29, 0.717) is 0 Å². The zero-order chi connectivity index (χ0) is 30.5. The minimum absolute atomic E-state index is 0.911. The number of furan rings is 1. The molecule has 0 bridgehead atoms. The van der Waals surface area contributed by atoms with E-state index < -0.39 is 0 Å². The number of nitrogens with zero attached hydrogens (tertiary/aromatic N) is 1. The molecule has 46 heavy (non-hydrogen) atoms. The Morgan fingerprint density at radius 3 is 1.74 bits per heavy atom. The number of rotatable bonds is 5. The normalized spacial score (nSPS) is 11.5. The fourth-order valence-electron chi connectivity index (χ4n) is 6.93. The first-order chi connectivity index (χ1) is 22.8. The molecule has 0 saturated carbocycles. The third-order valence-corrected chi connectivity index (χ3v) is 9.07. The molecule has 0 unspecified atom stereocenters. The van der Waals surface area contributed by atoms with Crippen molar-refractivity contribution in [1.29, 1.82) is 0 Å². The predicted octanol–water partition coefficient (Wildman–Crippen LogP) is 12.7. The minimum atomic E-state index is 0.911. The maximum atomic E-state index is 6.39. The molecule has 8 aromatic carbocycles. The molecule has 2 nitrogen and oxygen atoms in total. The second-order valence-electron chi connectivity index (χ2n) is 11.7. The second-order valence-corrected chi connectivity index (χ2v) is 11.7. The minimum Gasteiger partial charge on any atom is -0.455 e. The van der Waals surface area contributed by atoms with Crippen LogP contribution in [0.3, 0.4) is 0 Å². The Kier molecular flexibility index (Phi) is 6.17. The lowest BCUT2D eigenvalue weighted by Gasteiger charge is -2.29. The maximum absolute atomic E-state index is 6.39. The van der Waals surface area contributed by atoms with Gasteiger partial charge in [-0.25, -0.2) is 0 Å². The van der Waals surface area contributed by atoms with E-state index in [1.54, 1.807) is 0 Å². The van der Waals surface area contributed by atoms with Gasteiger partial charge in [0.15, 0.2) is 0 Å². The summed E-state index contributed by atoms with van der Waals surface area (Å²) in [6.07, 6.45) is 0. The largest absolute Gasteiger partial charge is 0.455 e. The van der Waals surface area contributed by atoms with Crippen LogP contribution < -0.4 is 4.90 Å². The van der Waals surface area contributed by atoms with Gasteiger partial charge in [0.25, 0.3) is 0 Å². The Balaban J connectivity index is 1.25. The highest BCUT2D eigenvalue weighted by atomic mass is 16.3. The van der Waals surface area contributed by atoms with Gasteiger partial charge in [-0.3, -0.25) is 0 Å². The van der Waals surface area contributed by atoms with Crippen molar-refractivity contribution < 1.29 is 4.42 Å². The molecule has 0 fully saturated rings. The molecular weight excluding hydrogens is 558 g/mol. The third-order valence-electron chi connectivity index (χ3n) is 9.07. The lowest BCUT2D eigenvalue weighted by atomic mass is 9.95. The smallest absolute Gasteiger partial charge is 0.143 e. The molecule has 0 spiro atoms. The Morgan fingerprint density at radius 1 is 0.348 bits per heavy atom. The van der Waals surface area contributed by atoms with Crippen LogP contribution in [0.4, 0.5) is 17.1 Å². The molecule has 0 aliphatic heterocycles. The number of hydrogen-bond donors (Lipinski definition) is 0. The van der Waals surface area contributed by atoms with Crippen LogP contribution in [0.25, 0.3) is 65.7 Å². The summed E-state index contributed by atoms with van der Waals surface area (Å²) in [5, 5.41) is 7.16. The van der Waals surface area contributed by atoms with E-state index >= 15 is 0 Å². The van der Waals surface area contributed by atoms with Crippen LogP contribution in [0, 0.1) is 0 Å². The maximum Gasteiger partial charge on any atom is 0.143 e. The molecule has 0 saturated heterocycles. The van der Waals surface area contributed by atoms with Gasteiger partial charge < -0.3 is 9.32 Å². The SMILES string of the molecule is c1ccc(N(c2ccc(-c3cccc4c3oc3ccccc34)cc2)c2cccc3ccccc23)c(-c2cccc3ccccc23)c1. The summed E-state index contributed by atoms with van der Waals surface area (Å²) in [7, 11) is 0. The number of hydrogen-bond acceptors (Lipinski definition) is 2. The van der Waals surface area contributed by atoms with Gasteiger partial charge in [-0.2, -0.15) is 0 Å². The Hall–Kier alpha value is -6.12. The van der Waals surface area contributed by atoms with E-state index in [4.69, 9.17) is 4.42 Å². The second kappa shape index (κ2) is 10.8. The van der Waals surface area contributed by atoms with Crippen LogP contribution in [0.1, 0.15) is 0 Å². The highest BCUT2D eigenvalue weighted by molar-refractivity contribution is 6.10. The number of anilines is 3. The Labute approximate surface area is 267 Å². The monoisotopic (exact) mass is 587 g/mol. The average Bonchev–Trinajstić information content (AvgIpc) is 3.51. The molecule has 9 rings (SSSR count). The number of para-hydroxylation sites is 3. The highest BCUT2D eigenvalue weighted by Crippen LogP contribution is 2.45. The van der Waals surface area contributed by atoms with Crippen LogP contribution in [0.15, 0.2) is 180 Å². The van der Waals surface area contributed by atoms with Crippen molar-refractivity contribution in [3.63, 3.8) is 0 Å². The van der Waals surface area contributed by atoms with Gasteiger partial charge in [-0.15, -0.1) is 0 Å². The molecule has 0 amide bonds. The first-order valence-corrected chi connectivity index (χ1v) is 15.7. The van der Waals surface area contributed by atoms with Crippen molar-refractivity contribution in [3.8, 4) is 22.3 Å². The number of benzene rings is 8. The van der Waals surface area contributed by atoms with Crippen LogP contribution in [0.5, 0.6) is 0 Å². The highest BCUT2D eigenvalue weighted by Gasteiger charge is 2.20. The van der Waals surface area contributed by atoms with E-state index in [-0.39, 0.29) is 0 Å². The topological polar surface area (TPSA) is 16.4 Å². The van der Waals surface area contributed by atoms with Gasteiger partial charge in [0, 0.05) is 33.0 Å². The van der Waals surface area contributed by atoms with Crippen molar-refractivity contribution in [1.82, 2.24) is 0 Å². The molecule has 0 aliphatic rings. The summed E-state index contributed by atoms with van der Waals surface area (Å²) in [5.41, 5.74) is 9.79. The van der Waals surface area contributed by atoms with Crippen LogP contribution in [-0.4, -0.2) is 0 Å². The molecule has 0 atom stereocenters. The van der Waals surface area contributed by atoms with Crippen molar-refractivity contribution in [2.45, 2.75) is 0 Å². The fourth-order valence-corrected chi connectivity index (χ4v) is 6.93. The van der Waals surface area contributed by atoms with Crippen molar-refractivity contribution >= 4 is 60.5 Å². The predicted molar refractivity (Wildman–Crippen MR) is 194 cm³/mol. The van der Waals surface area contributed by atoms with Crippen LogP contribution in [0.2, 0.25) is 0 Å². The molecule has 9 aromatic rings. The molecule has 2 heteroatoms. The first kappa shape index (κ1) is 26.3. The summed E-state index contributed by atoms with van der Waals surface area (Å²) in [6.45, 7) is 0. The summed E-state index contributed by atoms with van der Waals surface area (Å²) >= 11 is 0. The van der Waals surface area contributed by atoms with Crippen molar-refractivity contribution in [2.75, 3.05) is 4.90 Å². The fraction of sp³-hybridized carbons (Fsp3) is 0. The van der Waals surface area contributed by atoms with E-state index in [9.17, 15) is 0 Å². The Bertz CT molecular complexity index is 2530. The summed E-state index contributed by atoms with van der Waals surface area (Å²) in [5.74, 6) is 0. The molecule has 216 valence electrons. The third kappa shape index (κ3) is 4.27. The van der Waals surface area contributed by atoms with Crippen LogP contribution in [-0.2, 0) is 0 Å². The van der Waals surface area contributed by atoms with Gasteiger partial charge >= 0.3 is 0 Å². The first-order valence-electron chi connectivity index (χ1n) is 15.7. The molecule has 0 N–H and O–H groups in total. The zero-order valence-corrected chi connectivity index (χ0v) is 25.1. The molecular formula is C44H29NO. The standard InChI is InChI=1S/C44H29NO/c1-3-16-34-30(12-1)14-9-21-37(34)38-18-5-7-23-42(38)45(41-24-10-15-31-13-2-4-17-35(31)41)33-28-26-32(27-29-33)36-20-11-22-40-39-19-6-8-25-43(39)46-44(36)40/h1-29H. The average molecular weight is 588 g/mol. The lowest BCUT2D eigenvalue weighted by Crippen LogP contribution is -2.11. The summed E-state index contributed by atoms with van der Waals surface area (Å²) in [4.78, 5) is 2.41. The Morgan fingerprint density at radius 2 is 0.891 bits per heavy atom. The lowest BCUT2D eigenvalue weighted by molar-refractivity contribution is 0.670. The van der Waals surface area contributed by atoms with Gasteiger partial charge in [-0.05, 0) is 57.6 Å². The van der Waals surface area contributed by atoms with Gasteiger partial charge in [-0.1, -0.05) is 146 Å². The molecule has 1 heterocycles.